The molecule has 0 radical (unpaired) electrons. The minimum absolute atomic E-state index is 0.102. The van der Waals surface area contributed by atoms with E-state index in [9.17, 15) is 24.0 Å². The summed E-state index contributed by atoms with van der Waals surface area (Å²) in [4.78, 5) is 66.7. The number of benzene rings is 1. The van der Waals surface area contributed by atoms with Crippen molar-refractivity contribution >= 4 is 29.6 Å². The van der Waals surface area contributed by atoms with Gasteiger partial charge in [-0.3, -0.25) is 19.2 Å². The van der Waals surface area contributed by atoms with E-state index in [-0.39, 0.29) is 41.6 Å². The van der Waals surface area contributed by atoms with Crippen LogP contribution in [0.25, 0.3) is 0 Å². The van der Waals surface area contributed by atoms with Gasteiger partial charge in [-0.25, -0.2) is 4.79 Å². The van der Waals surface area contributed by atoms with Crippen LogP contribution in [0, 0.1) is 23.2 Å². The van der Waals surface area contributed by atoms with Crippen molar-refractivity contribution in [2.24, 2.45) is 28.9 Å². The molecule has 41 heavy (non-hydrogen) atoms. The topological polar surface area (TPSA) is 148 Å². The van der Waals surface area contributed by atoms with Gasteiger partial charge in [0.25, 0.3) is 5.91 Å². The first kappa shape index (κ1) is 30.5. The molecule has 10 heteroatoms. The maximum atomic E-state index is 14.3. The first-order valence-corrected chi connectivity index (χ1v) is 14.9. The number of hydrogen-bond acceptors (Lipinski definition) is 6. The zero-order chi connectivity index (χ0) is 30.1. The molecule has 1 aromatic rings. The normalized spacial score (nSPS) is 23.8. The summed E-state index contributed by atoms with van der Waals surface area (Å²) in [6, 6.07) is 5.23. The summed E-state index contributed by atoms with van der Waals surface area (Å²) in [6.07, 6.45) is 2.47. The number of nitrogens with one attached hydrogen (secondary N) is 2. The maximum Gasteiger partial charge on any atom is 0.408 e. The van der Waals surface area contributed by atoms with Crippen molar-refractivity contribution in [2.45, 2.75) is 97.4 Å². The van der Waals surface area contributed by atoms with Crippen molar-refractivity contribution in [2.75, 3.05) is 6.54 Å². The van der Waals surface area contributed by atoms with Gasteiger partial charge in [0, 0.05) is 6.54 Å². The highest BCUT2D eigenvalue weighted by Gasteiger charge is 2.69. The van der Waals surface area contributed by atoms with Crippen LogP contribution in [0.3, 0.4) is 0 Å². The van der Waals surface area contributed by atoms with Crippen LogP contribution < -0.4 is 16.4 Å². The number of fused-ring (bicyclic) bond motifs is 2. The Morgan fingerprint density at radius 3 is 2.17 bits per heavy atom. The predicted molar refractivity (Wildman–Crippen MR) is 152 cm³/mol. The fourth-order valence-electron chi connectivity index (χ4n) is 6.96. The van der Waals surface area contributed by atoms with Crippen LogP contribution in [0.4, 0.5) is 4.79 Å². The summed E-state index contributed by atoms with van der Waals surface area (Å²) in [5.74, 6) is -2.96. The number of likely N-dealkylation sites (tertiary alicyclic amines) is 1. The smallest absolute Gasteiger partial charge is 0.408 e. The molecule has 4 rings (SSSR count). The monoisotopic (exact) mass is 568 g/mol. The third kappa shape index (κ3) is 6.11. The van der Waals surface area contributed by atoms with E-state index in [4.69, 9.17) is 10.5 Å². The third-order valence-electron chi connectivity index (χ3n) is 9.49. The van der Waals surface area contributed by atoms with Gasteiger partial charge in [-0.05, 0) is 66.4 Å². The summed E-state index contributed by atoms with van der Waals surface area (Å²) in [6.45, 7) is 10.2. The number of carbonyl (C=O) groups excluding carboxylic acids is 5. The SMILES string of the molecule is CCCC(NC(=O)C1C2C(CN1C(=O)C(NC(=O)OC(CC)CC)C1Cc3ccccc3C1)C2(C)C)C(=O)C(N)=O. The van der Waals surface area contributed by atoms with Crippen LogP contribution in [0.1, 0.15) is 71.4 Å². The van der Waals surface area contributed by atoms with Gasteiger partial charge in [0.05, 0.1) is 6.04 Å². The molecule has 224 valence electrons. The predicted octanol–water partition coefficient (Wildman–Crippen LogP) is 2.51. The van der Waals surface area contributed by atoms with E-state index >= 15 is 0 Å². The second-order valence-electron chi connectivity index (χ2n) is 12.4. The van der Waals surface area contributed by atoms with E-state index in [1.165, 1.54) is 0 Å². The minimum atomic E-state index is -1.10. The van der Waals surface area contributed by atoms with Crippen molar-refractivity contribution in [1.29, 1.82) is 0 Å². The Bertz CT molecular complexity index is 1170. The van der Waals surface area contributed by atoms with Crippen molar-refractivity contribution in [3.05, 3.63) is 35.4 Å². The molecule has 1 saturated heterocycles. The Morgan fingerprint density at radius 1 is 1.02 bits per heavy atom. The number of rotatable bonds is 12. The molecule has 0 bridgehead atoms. The number of Topliss-reactive ketones (excluding diaryl/α,β-unsaturated/α-hetero) is 1. The number of ether oxygens (including phenoxy) is 1. The van der Waals surface area contributed by atoms with Gasteiger partial charge in [-0.15, -0.1) is 0 Å². The Hall–Kier alpha value is -3.43. The molecule has 1 heterocycles. The zero-order valence-electron chi connectivity index (χ0n) is 24.8. The first-order valence-electron chi connectivity index (χ1n) is 14.9. The number of hydrogen-bond donors (Lipinski definition) is 3. The highest BCUT2D eigenvalue weighted by molar-refractivity contribution is 6.37. The highest BCUT2D eigenvalue weighted by Crippen LogP contribution is 2.65. The average molecular weight is 569 g/mol. The summed E-state index contributed by atoms with van der Waals surface area (Å²) in [5.41, 5.74) is 7.35. The highest BCUT2D eigenvalue weighted by atomic mass is 16.6. The van der Waals surface area contributed by atoms with E-state index in [1.54, 1.807) is 4.90 Å². The van der Waals surface area contributed by atoms with E-state index in [0.717, 1.165) is 11.1 Å². The molecule has 4 N–H and O–H groups in total. The first-order chi connectivity index (χ1) is 19.4. The van der Waals surface area contributed by atoms with Crippen LogP contribution in [0.2, 0.25) is 0 Å². The van der Waals surface area contributed by atoms with Gasteiger partial charge in [-0.2, -0.15) is 0 Å². The van der Waals surface area contributed by atoms with E-state index in [1.807, 2.05) is 45.0 Å². The van der Waals surface area contributed by atoms with Crippen molar-refractivity contribution in [1.82, 2.24) is 15.5 Å². The van der Waals surface area contributed by atoms with Crippen LogP contribution in [-0.4, -0.2) is 65.3 Å². The van der Waals surface area contributed by atoms with E-state index in [2.05, 4.69) is 24.5 Å². The molecule has 4 amide bonds. The van der Waals surface area contributed by atoms with Crippen molar-refractivity contribution < 1.29 is 28.7 Å². The van der Waals surface area contributed by atoms with Gasteiger partial charge >= 0.3 is 6.09 Å². The minimum Gasteiger partial charge on any atom is -0.446 e. The quantitative estimate of drug-likeness (QED) is 0.330. The molecule has 10 nitrogen and oxygen atoms in total. The summed E-state index contributed by atoms with van der Waals surface area (Å²) in [5, 5.41) is 5.60. The Kier molecular flexibility index (Phi) is 9.09. The lowest BCUT2D eigenvalue weighted by molar-refractivity contribution is -0.144. The van der Waals surface area contributed by atoms with Gasteiger partial charge in [-0.1, -0.05) is 65.3 Å². The number of amides is 4. The van der Waals surface area contributed by atoms with Gasteiger partial charge < -0.3 is 26.0 Å². The Balaban J connectivity index is 1.60. The number of primary amides is 1. The second-order valence-corrected chi connectivity index (χ2v) is 12.4. The Labute approximate surface area is 242 Å². The molecule has 5 atom stereocenters. The molecule has 2 aliphatic carbocycles. The lowest BCUT2D eigenvalue weighted by Gasteiger charge is -2.35. The molecular formula is C31H44N4O6. The molecule has 0 aromatic heterocycles. The van der Waals surface area contributed by atoms with Crippen molar-refractivity contribution in [3.8, 4) is 0 Å². The molecule has 3 aliphatic rings. The number of alkyl carbamates (subject to hydrolysis) is 1. The zero-order valence-corrected chi connectivity index (χ0v) is 24.8. The average Bonchev–Trinajstić information content (AvgIpc) is 3.31. The fraction of sp³-hybridized carbons (Fsp3) is 0.645. The molecule has 0 spiro atoms. The van der Waals surface area contributed by atoms with E-state index in [0.29, 0.717) is 38.6 Å². The van der Waals surface area contributed by atoms with E-state index < -0.39 is 41.8 Å². The maximum absolute atomic E-state index is 14.3. The number of nitrogens with zero attached hydrogens (tertiary/aromatic N) is 1. The molecule has 1 aliphatic heterocycles. The third-order valence-corrected chi connectivity index (χ3v) is 9.49. The van der Waals surface area contributed by atoms with Gasteiger partial charge in [0.15, 0.2) is 0 Å². The second kappa shape index (κ2) is 12.2. The van der Waals surface area contributed by atoms with Gasteiger partial charge in [0.2, 0.25) is 17.6 Å². The van der Waals surface area contributed by atoms with Crippen LogP contribution in [0.5, 0.6) is 0 Å². The Morgan fingerprint density at radius 2 is 1.63 bits per heavy atom. The summed E-state index contributed by atoms with van der Waals surface area (Å²) >= 11 is 0. The van der Waals surface area contributed by atoms with Crippen LogP contribution in [0.15, 0.2) is 24.3 Å². The molecule has 1 saturated carbocycles. The molecule has 1 aromatic carbocycles. The van der Waals surface area contributed by atoms with Gasteiger partial charge in [0.1, 0.15) is 18.2 Å². The van der Waals surface area contributed by atoms with Crippen molar-refractivity contribution in [3.63, 3.8) is 0 Å². The largest absolute Gasteiger partial charge is 0.446 e. The fourth-order valence-corrected chi connectivity index (χ4v) is 6.96. The van der Waals surface area contributed by atoms with Crippen LogP contribution >= 0.6 is 0 Å². The number of piperidine rings is 1. The lowest BCUT2D eigenvalue weighted by atomic mass is 9.93. The van der Waals surface area contributed by atoms with Crippen LogP contribution in [-0.2, 0) is 36.8 Å². The molecule has 2 fully saturated rings. The summed E-state index contributed by atoms with van der Waals surface area (Å²) in [7, 11) is 0. The molecular weight excluding hydrogens is 524 g/mol. The standard InChI is InChI=1S/C31H44N4O6/c1-6-11-22(26(36)27(32)37)33-28(38)25-23-21(31(23,4)5)16-35(25)29(39)24(34-30(40)41-20(7-2)8-3)19-14-17-12-9-10-13-18(17)15-19/h9-10,12-13,19-25H,6-8,11,14-16H2,1-5H3,(H2,32,37)(H,33,38)(H,34,40). The molecule has 5 unspecified atom stereocenters. The number of ketones is 1. The lowest BCUT2D eigenvalue weighted by Crippen LogP contribution is -2.59. The number of carbonyl (C=O) groups is 5. The number of nitrogens with two attached hydrogens (primary N) is 1. The summed E-state index contributed by atoms with van der Waals surface area (Å²) < 4.78 is 5.61.